The number of amidine groups is 1. The number of hydrogen-bond donors (Lipinski definition) is 2. The van der Waals surface area contributed by atoms with Gasteiger partial charge >= 0.3 is 0 Å². The molecule has 0 aromatic carbocycles. The van der Waals surface area contributed by atoms with Crippen LogP contribution < -0.4 is 10.6 Å². The van der Waals surface area contributed by atoms with E-state index in [1.807, 2.05) is 0 Å². The molecule has 1 aliphatic carbocycles. The lowest BCUT2D eigenvalue weighted by molar-refractivity contribution is -0.119. The molecule has 0 aromatic rings. The number of amides is 1. The number of fused-ring (bicyclic) bond motifs is 1. The zero-order valence-electron chi connectivity index (χ0n) is 11.5. The number of thioether (sulfide) groups is 1. The average Bonchev–Trinajstić information content (AvgIpc) is 2.45. The van der Waals surface area contributed by atoms with Gasteiger partial charge in [-0.2, -0.15) is 0 Å². The second-order valence-electron chi connectivity index (χ2n) is 5.07. The van der Waals surface area contributed by atoms with Crippen molar-refractivity contribution in [1.82, 2.24) is 10.6 Å². The van der Waals surface area contributed by atoms with Crippen molar-refractivity contribution in [2.24, 2.45) is 10.9 Å². The minimum Gasteiger partial charge on any atom is -0.383 e. The fraction of sp³-hybridized carbons (Fsp3) is 0.846. The maximum atomic E-state index is 11.5. The van der Waals surface area contributed by atoms with E-state index in [4.69, 9.17) is 4.74 Å². The highest BCUT2D eigenvalue weighted by Gasteiger charge is 2.30. The topological polar surface area (TPSA) is 62.7 Å². The van der Waals surface area contributed by atoms with Gasteiger partial charge in [0.05, 0.1) is 6.61 Å². The zero-order valence-corrected chi connectivity index (χ0v) is 12.3. The molecule has 0 radical (unpaired) electrons. The van der Waals surface area contributed by atoms with Gasteiger partial charge in [0.1, 0.15) is 6.54 Å². The molecule has 2 atom stereocenters. The first-order valence-corrected chi connectivity index (χ1v) is 7.97. The maximum absolute atomic E-state index is 11.5. The van der Waals surface area contributed by atoms with E-state index in [0.717, 1.165) is 16.8 Å². The number of carbonyl (C=O) groups is 1. The van der Waals surface area contributed by atoms with Crippen molar-refractivity contribution in [1.29, 1.82) is 0 Å². The summed E-state index contributed by atoms with van der Waals surface area (Å²) in [6, 6.07) is 0.574. The number of nitrogens with one attached hydrogen (secondary N) is 2. The van der Waals surface area contributed by atoms with Crippen LogP contribution in [0.5, 0.6) is 0 Å². The van der Waals surface area contributed by atoms with E-state index in [1.54, 1.807) is 18.9 Å². The Morgan fingerprint density at radius 3 is 3.21 bits per heavy atom. The predicted molar refractivity (Wildman–Crippen MR) is 78.5 cm³/mol. The molecule has 6 heteroatoms. The van der Waals surface area contributed by atoms with Gasteiger partial charge in [0.15, 0.2) is 5.17 Å². The van der Waals surface area contributed by atoms with Crippen molar-refractivity contribution < 1.29 is 9.53 Å². The third kappa shape index (κ3) is 4.69. The van der Waals surface area contributed by atoms with Crippen molar-refractivity contribution in [2.45, 2.75) is 31.7 Å². The summed E-state index contributed by atoms with van der Waals surface area (Å²) in [5.41, 5.74) is 0. The summed E-state index contributed by atoms with van der Waals surface area (Å²) < 4.78 is 4.88. The Morgan fingerprint density at radius 1 is 1.53 bits per heavy atom. The van der Waals surface area contributed by atoms with E-state index in [1.165, 1.54) is 25.7 Å². The van der Waals surface area contributed by atoms with E-state index in [-0.39, 0.29) is 12.5 Å². The molecule has 2 fully saturated rings. The predicted octanol–water partition coefficient (Wildman–Crippen LogP) is 1.00. The summed E-state index contributed by atoms with van der Waals surface area (Å²) in [5, 5.41) is 7.19. The smallest absolute Gasteiger partial charge is 0.241 e. The highest BCUT2D eigenvalue weighted by molar-refractivity contribution is 8.13. The van der Waals surface area contributed by atoms with Gasteiger partial charge in [-0.3, -0.25) is 9.79 Å². The van der Waals surface area contributed by atoms with Gasteiger partial charge in [-0.05, 0) is 18.8 Å². The van der Waals surface area contributed by atoms with Crippen LogP contribution in [0.1, 0.15) is 25.7 Å². The first-order valence-electron chi connectivity index (χ1n) is 6.99. The van der Waals surface area contributed by atoms with Crippen LogP contribution in [0.3, 0.4) is 0 Å². The lowest BCUT2D eigenvalue weighted by Gasteiger charge is -2.36. The first-order chi connectivity index (χ1) is 9.29. The third-order valence-corrected chi connectivity index (χ3v) is 4.76. The molecule has 1 saturated carbocycles. The van der Waals surface area contributed by atoms with Crippen molar-refractivity contribution in [3.8, 4) is 0 Å². The van der Waals surface area contributed by atoms with Crippen LogP contribution in [-0.2, 0) is 9.53 Å². The molecule has 0 aromatic heterocycles. The van der Waals surface area contributed by atoms with E-state index < -0.39 is 0 Å². The van der Waals surface area contributed by atoms with E-state index in [0.29, 0.717) is 19.2 Å². The summed E-state index contributed by atoms with van der Waals surface area (Å²) in [7, 11) is 1.62. The van der Waals surface area contributed by atoms with Crippen LogP contribution in [0.15, 0.2) is 4.99 Å². The van der Waals surface area contributed by atoms with E-state index in [2.05, 4.69) is 15.6 Å². The zero-order chi connectivity index (χ0) is 13.5. The lowest BCUT2D eigenvalue weighted by Crippen LogP contribution is -2.46. The third-order valence-electron chi connectivity index (χ3n) is 3.65. The van der Waals surface area contributed by atoms with Crippen LogP contribution in [0.2, 0.25) is 0 Å². The molecule has 5 nitrogen and oxygen atoms in total. The Labute approximate surface area is 119 Å². The molecule has 2 unspecified atom stereocenters. The Bertz CT molecular complexity index is 336. The van der Waals surface area contributed by atoms with Gasteiger partial charge in [-0.1, -0.05) is 24.6 Å². The minimum atomic E-state index is -0.0438. The number of carbonyl (C=O) groups excluding carboxylic acids is 1. The number of aliphatic imine (C=N–C) groups is 1. The average molecular weight is 285 g/mol. The van der Waals surface area contributed by atoms with Crippen LogP contribution in [0.4, 0.5) is 0 Å². The van der Waals surface area contributed by atoms with Gasteiger partial charge in [0.25, 0.3) is 0 Å². The van der Waals surface area contributed by atoms with Gasteiger partial charge in [-0.15, -0.1) is 0 Å². The lowest BCUT2D eigenvalue weighted by atomic mass is 9.86. The summed E-state index contributed by atoms with van der Waals surface area (Å²) in [5.74, 6) is 1.88. The van der Waals surface area contributed by atoms with Crippen molar-refractivity contribution in [2.75, 3.05) is 32.6 Å². The van der Waals surface area contributed by atoms with Crippen molar-refractivity contribution in [3.63, 3.8) is 0 Å². The van der Waals surface area contributed by atoms with Gasteiger partial charge in [0.2, 0.25) is 5.91 Å². The standard InChI is InChI=1S/C13H23N3O2S/c1-18-7-6-14-12(17)8-15-13-16-11-5-3-2-4-10(11)9-19-13/h10-11H,2-9H2,1H3,(H,14,17)(H,15,16). The van der Waals surface area contributed by atoms with E-state index in [9.17, 15) is 4.79 Å². The molecule has 0 spiro atoms. The molecule has 1 aliphatic heterocycles. The van der Waals surface area contributed by atoms with Crippen molar-refractivity contribution in [3.05, 3.63) is 0 Å². The fourth-order valence-electron chi connectivity index (χ4n) is 2.57. The Morgan fingerprint density at radius 2 is 2.37 bits per heavy atom. The molecular formula is C13H23N3O2S. The maximum Gasteiger partial charge on any atom is 0.241 e. The summed E-state index contributed by atoms with van der Waals surface area (Å²) in [4.78, 5) is 15.9. The number of nitrogens with zero attached hydrogens (tertiary/aromatic N) is 1. The second kappa shape index (κ2) is 7.75. The molecule has 2 rings (SSSR count). The van der Waals surface area contributed by atoms with E-state index >= 15 is 0 Å². The highest BCUT2D eigenvalue weighted by atomic mass is 32.2. The Hall–Kier alpha value is -0.750. The number of hydrogen-bond acceptors (Lipinski definition) is 4. The van der Waals surface area contributed by atoms with Gasteiger partial charge in [0, 0.05) is 25.4 Å². The molecule has 19 heavy (non-hydrogen) atoms. The Balaban J connectivity index is 1.72. The van der Waals surface area contributed by atoms with Crippen molar-refractivity contribution >= 4 is 22.8 Å². The highest BCUT2D eigenvalue weighted by Crippen LogP contribution is 2.31. The van der Waals surface area contributed by atoms with Crippen LogP contribution in [-0.4, -0.2) is 49.7 Å². The second-order valence-corrected chi connectivity index (χ2v) is 6.08. The molecule has 1 heterocycles. The van der Waals surface area contributed by atoms with Gasteiger partial charge in [-0.25, -0.2) is 0 Å². The molecular weight excluding hydrogens is 262 g/mol. The number of methoxy groups -OCH3 is 1. The first kappa shape index (κ1) is 14.7. The molecule has 1 amide bonds. The molecule has 1 saturated heterocycles. The number of rotatable bonds is 5. The summed E-state index contributed by atoms with van der Waals surface area (Å²) in [6.45, 7) is 1.29. The largest absolute Gasteiger partial charge is 0.383 e. The summed E-state index contributed by atoms with van der Waals surface area (Å²) in [6.07, 6.45) is 5.24. The van der Waals surface area contributed by atoms with Crippen LogP contribution in [0, 0.1) is 5.92 Å². The Kier molecular flexibility index (Phi) is 5.97. The fourth-order valence-corrected chi connectivity index (χ4v) is 3.73. The quantitative estimate of drug-likeness (QED) is 0.740. The number of ether oxygens (including phenoxy) is 1. The molecule has 2 N–H and O–H groups in total. The summed E-state index contributed by atoms with van der Waals surface area (Å²) >= 11 is 1.75. The SMILES string of the molecule is COCCNC(=O)CN=C1NC2CCCCC2CS1. The molecule has 2 aliphatic rings. The van der Waals surface area contributed by atoms with Crippen LogP contribution in [0.25, 0.3) is 0 Å². The van der Waals surface area contributed by atoms with Gasteiger partial charge < -0.3 is 15.4 Å². The molecule has 108 valence electrons. The minimum absolute atomic E-state index is 0.0438. The monoisotopic (exact) mass is 285 g/mol. The van der Waals surface area contributed by atoms with Crippen LogP contribution >= 0.6 is 11.8 Å². The normalized spacial score (nSPS) is 28.6. The molecule has 0 bridgehead atoms.